The number of aromatic nitrogens is 1. The van der Waals surface area contributed by atoms with Crippen molar-refractivity contribution in [2.75, 3.05) is 19.7 Å². The number of nitrogens with zero attached hydrogens (tertiary/aromatic N) is 2. The Balaban J connectivity index is 1.49. The van der Waals surface area contributed by atoms with Crippen LogP contribution in [0.15, 0.2) is 36.5 Å². The highest BCUT2D eigenvalue weighted by Crippen LogP contribution is 2.25. The average Bonchev–Trinajstić information content (AvgIpc) is 2.72. The second-order valence-corrected chi connectivity index (χ2v) is 8.46. The van der Waals surface area contributed by atoms with Crippen LogP contribution in [-0.4, -0.2) is 47.6 Å². The molecule has 0 atom stereocenters. The molecule has 1 aliphatic heterocycles. The summed E-state index contributed by atoms with van der Waals surface area (Å²) >= 11 is 0. The Morgan fingerprint density at radius 2 is 1.97 bits per heavy atom. The molecule has 1 aromatic carbocycles. The zero-order chi connectivity index (χ0) is 21.7. The standard InChI is InChI=1S/C23H27FN2O4/c1-23(2,3)30-22(28)26-10-8-16(9-11-26)15-29-18-5-7-21(25-13-18)19-6-4-17(14-27)12-20(19)24/h4-7,12-14,16H,8-11,15H2,1-3H3. The van der Waals surface area contributed by atoms with Crippen LogP contribution in [0.5, 0.6) is 5.75 Å². The van der Waals surface area contributed by atoms with Gasteiger partial charge < -0.3 is 14.4 Å². The molecule has 0 aliphatic carbocycles. The molecule has 3 rings (SSSR count). The van der Waals surface area contributed by atoms with Crippen LogP contribution < -0.4 is 4.74 Å². The number of aldehydes is 1. The van der Waals surface area contributed by atoms with E-state index >= 15 is 0 Å². The van der Waals surface area contributed by atoms with Crippen molar-refractivity contribution >= 4 is 12.4 Å². The third-order valence-corrected chi connectivity index (χ3v) is 4.89. The number of piperidine rings is 1. The first-order valence-electron chi connectivity index (χ1n) is 10.1. The zero-order valence-corrected chi connectivity index (χ0v) is 17.6. The Labute approximate surface area is 176 Å². The highest BCUT2D eigenvalue weighted by atomic mass is 19.1. The third kappa shape index (κ3) is 5.78. The highest BCUT2D eigenvalue weighted by molar-refractivity contribution is 5.76. The van der Waals surface area contributed by atoms with Gasteiger partial charge in [0.15, 0.2) is 0 Å². The van der Waals surface area contributed by atoms with Crippen LogP contribution in [0.1, 0.15) is 44.0 Å². The van der Waals surface area contributed by atoms with Crippen LogP contribution in [0.25, 0.3) is 11.3 Å². The summed E-state index contributed by atoms with van der Waals surface area (Å²) < 4.78 is 25.4. The quantitative estimate of drug-likeness (QED) is 0.662. The Morgan fingerprint density at radius 1 is 1.23 bits per heavy atom. The second-order valence-electron chi connectivity index (χ2n) is 8.46. The van der Waals surface area contributed by atoms with E-state index in [1.54, 1.807) is 35.4 Å². The fourth-order valence-corrected chi connectivity index (χ4v) is 3.26. The van der Waals surface area contributed by atoms with Gasteiger partial charge in [0.1, 0.15) is 23.5 Å². The first kappa shape index (κ1) is 21.7. The lowest BCUT2D eigenvalue weighted by molar-refractivity contribution is 0.0165. The van der Waals surface area contributed by atoms with Crippen LogP contribution in [0.3, 0.4) is 0 Å². The first-order chi connectivity index (χ1) is 14.2. The smallest absolute Gasteiger partial charge is 0.410 e. The Hall–Kier alpha value is -2.96. The van der Waals surface area contributed by atoms with E-state index in [0.717, 1.165) is 12.8 Å². The number of carbonyl (C=O) groups excluding carboxylic acids is 2. The van der Waals surface area contributed by atoms with E-state index in [1.165, 1.54) is 6.07 Å². The molecule has 0 N–H and O–H groups in total. The van der Waals surface area contributed by atoms with E-state index in [2.05, 4.69) is 4.98 Å². The number of hydrogen-bond acceptors (Lipinski definition) is 5. The SMILES string of the molecule is CC(C)(C)OC(=O)N1CCC(COc2ccc(-c3ccc(C=O)cc3F)nc2)CC1. The maximum absolute atomic E-state index is 14.1. The number of rotatable bonds is 5. The molecule has 2 aromatic rings. The molecule has 0 unspecified atom stereocenters. The average molecular weight is 414 g/mol. The van der Waals surface area contributed by atoms with Gasteiger partial charge in [-0.15, -0.1) is 0 Å². The Morgan fingerprint density at radius 3 is 2.53 bits per heavy atom. The molecule has 0 saturated carbocycles. The number of benzene rings is 1. The van der Waals surface area contributed by atoms with E-state index in [9.17, 15) is 14.0 Å². The summed E-state index contributed by atoms with van der Waals surface area (Å²) in [5, 5.41) is 0. The summed E-state index contributed by atoms with van der Waals surface area (Å²) in [6, 6.07) is 7.74. The number of carbonyl (C=O) groups is 2. The number of pyridine rings is 1. The van der Waals surface area contributed by atoms with Crippen LogP contribution in [0.2, 0.25) is 0 Å². The van der Waals surface area contributed by atoms with Gasteiger partial charge in [-0.25, -0.2) is 9.18 Å². The molecule has 6 nitrogen and oxygen atoms in total. The van der Waals surface area contributed by atoms with E-state index in [-0.39, 0.29) is 11.7 Å². The molecule has 1 aromatic heterocycles. The fraction of sp³-hybridized carbons (Fsp3) is 0.435. The van der Waals surface area contributed by atoms with E-state index in [0.29, 0.717) is 48.9 Å². The van der Waals surface area contributed by atoms with E-state index in [4.69, 9.17) is 9.47 Å². The summed E-state index contributed by atoms with van der Waals surface area (Å²) in [4.78, 5) is 28.9. The normalized spacial score (nSPS) is 15.0. The number of amides is 1. The Kier molecular flexibility index (Phi) is 6.70. The third-order valence-electron chi connectivity index (χ3n) is 4.89. The molecule has 0 bridgehead atoms. The van der Waals surface area contributed by atoms with Gasteiger partial charge in [-0.2, -0.15) is 0 Å². The first-order valence-corrected chi connectivity index (χ1v) is 10.1. The largest absolute Gasteiger partial charge is 0.492 e. The van der Waals surface area contributed by atoms with Gasteiger partial charge in [-0.3, -0.25) is 9.78 Å². The molecule has 1 saturated heterocycles. The number of halogens is 1. The van der Waals surface area contributed by atoms with Crippen LogP contribution in [0.4, 0.5) is 9.18 Å². The molecule has 7 heteroatoms. The predicted molar refractivity (Wildman–Crippen MR) is 111 cm³/mol. The molecule has 30 heavy (non-hydrogen) atoms. The Bertz CT molecular complexity index is 885. The summed E-state index contributed by atoms with van der Waals surface area (Å²) in [6.07, 6.45) is 3.60. The molecule has 2 heterocycles. The van der Waals surface area contributed by atoms with Gasteiger partial charge in [0.2, 0.25) is 0 Å². The zero-order valence-electron chi connectivity index (χ0n) is 17.6. The number of hydrogen-bond donors (Lipinski definition) is 0. The van der Waals surface area contributed by atoms with Crippen molar-refractivity contribution in [2.24, 2.45) is 5.92 Å². The van der Waals surface area contributed by atoms with Gasteiger partial charge in [-0.1, -0.05) is 6.07 Å². The lowest BCUT2D eigenvalue weighted by atomic mass is 9.98. The topological polar surface area (TPSA) is 68.7 Å². The van der Waals surface area contributed by atoms with Gasteiger partial charge >= 0.3 is 6.09 Å². The van der Waals surface area contributed by atoms with Gasteiger partial charge in [-0.05, 0) is 63.8 Å². The van der Waals surface area contributed by atoms with Gasteiger partial charge in [0.05, 0.1) is 18.5 Å². The van der Waals surface area contributed by atoms with Crippen molar-refractivity contribution in [1.29, 1.82) is 0 Å². The summed E-state index contributed by atoms with van der Waals surface area (Å²) in [6.45, 7) is 7.41. The molecule has 1 amide bonds. The molecular weight excluding hydrogens is 387 g/mol. The minimum Gasteiger partial charge on any atom is -0.492 e. The van der Waals surface area contributed by atoms with Gasteiger partial charge in [0, 0.05) is 24.2 Å². The maximum Gasteiger partial charge on any atom is 0.410 e. The molecule has 0 radical (unpaired) electrons. The minimum absolute atomic E-state index is 0.268. The van der Waals surface area contributed by atoms with E-state index < -0.39 is 11.4 Å². The van der Waals surface area contributed by atoms with Gasteiger partial charge in [0.25, 0.3) is 0 Å². The predicted octanol–water partition coefficient (Wildman–Crippen LogP) is 4.73. The number of likely N-dealkylation sites (tertiary alicyclic amines) is 1. The maximum atomic E-state index is 14.1. The van der Waals surface area contributed by atoms with Crippen molar-refractivity contribution in [1.82, 2.24) is 9.88 Å². The summed E-state index contributed by atoms with van der Waals surface area (Å²) in [7, 11) is 0. The molecule has 1 aliphatic rings. The number of ether oxygens (including phenoxy) is 2. The molecular formula is C23H27FN2O4. The molecule has 0 spiro atoms. The minimum atomic E-state index is -0.490. The lowest BCUT2D eigenvalue weighted by Crippen LogP contribution is -2.42. The van der Waals surface area contributed by atoms with Crippen LogP contribution >= 0.6 is 0 Å². The monoisotopic (exact) mass is 414 g/mol. The van der Waals surface area contributed by atoms with Crippen molar-refractivity contribution < 1.29 is 23.5 Å². The van der Waals surface area contributed by atoms with Crippen molar-refractivity contribution in [3.8, 4) is 17.0 Å². The fourth-order valence-electron chi connectivity index (χ4n) is 3.26. The second kappa shape index (κ2) is 9.24. The van der Waals surface area contributed by atoms with Crippen LogP contribution in [-0.2, 0) is 4.74 Å². The highest BCUT2D eigenvalue weighted by Gasteiger charge is 2.27. The van der Waals surface area contributed by atoms with Crippen molar-refractivity contribution in [3.63, 3.8) is 0 Å². The van der Waals surface area contributed by atoms with Crippen LogP contribution in [0, 0.1) is 11.7 Å². The molecule has 1 fully saturated rings. The molecule has 160 valence electrons. The summed E-state index contributed by atoms with van der Waals surface area (Å²) in [5.41, 5.74) is 0.605. The summed E-state index contributed by atoms with van der Waals surface area (Å²) in [5.74, 6) is 0.465. The van der Waals surface area contributed by atoms with Crippen molar-refractivity contribution in [2.45, 2.75) is 39.2 Å². The van der Waals surface area contributed by atoms with E-state index in [1.807, 2.05) is 20.8 Å². The van der Waals surface area contributed by atoms with Crippen molar-refractivity contribution in [3.05, 3.63) is 47.9 Å². The lowest BCUT2D eigenvalue weighted by Gasteiger charge is -2.33.